The van der Waals surface area contributed by atoms with Crippen molar-refractivity contribution in [3.05, 3.63) is 53.2 Å². The van der Waals surface area contributed by atoms with E-state index in [1.54, 1.807) is 0 Å². The van der Waals surface area contributed by atoms with E-state index in [0.717, 1.165) is 4.47 Å². The van der Waals surface area contributed by atoms with Crippen LogP contribution < -0.4 is 0 Å². The predicted molar refractivity (Wildman–Crippen MR) is 91.4 cm³/mol. The second kappa shape index (κ2) is 5.72. The summed E-state index contributed by atoms with van der Waals surface area (Å²) in [5, 5.41) is 0. The first kappa shape index (κ1) is 14.0. The maximum absolute atomic E-state index is 3.83. The van der Waals surface area contributed by atoms with E-state index in [9.17, 15) is 0 Å². The van der Waals surface area contributed by atoms with Crippen LogP contribution in [-0.4, -0.2) is 0 Å². The second-order valence-corrected chi connectivity index (χ2v) is 8.21. The highest BCUT2D eigenvalue weighted by molar-refractivity contribution is 14.1. The fourth-order valence-corrected chi connectivity index (χ4v) is 5.27. The standard InChI is InChI=1S/C13H11Br2IS/c1-7-5-8(2)17-13(7)12(15)10-6-9(14)3-4-11(10)16/h3-6,12H,1-2H3. The molecule has 0 saturated carbocycles. The van der Waals surface area contributed by atoms with Gasteiger partial charge in [0.15, 0.2) is 0 Å². The van der Waals surface area contributed by atoms with Crippen LogP contribution in [0.4, 0.5) is 0 Å². The molecule has 0 radical (unpaired) electrons. The summed E-state index contributed by atoms with van der Waals surface area (Å²) >= 11 is 11.6. The van der Waals surface area contributed by atoms with Crippen LogP contribution in [0.3, 0.4) is 0 Å². The molecule has 1 aromatic heterocycles. The first-order valence-electron chi connectivity index (χ1n) is 5.15. The molecule has 2 rings (SSSR count). The quantitative estimate of drug-likeness (QED) is 0.350. The van der Waals surface area contributed by atoms with Gasteiger partial charge in [-0.15, -0.1) is 11.3 Å². The minimum atomic E-state index is 0.283. The summed E-state index contributed by atoms with van der Waals surface area (Å²) < 4.78 is 2.42. The van der Waals surface area contributed by atoms with Gasteiger partial charge in [0, 0.05) is 17.8 Å². The fourth-order valence-electron chi connectivity index (χ4n) is 1.76. The van der Waals surface area contributed by atoms with Crippen LogP contribution >= 0.6 is 65.8 Å². The van der Waals surface area contributed by atoms with Gasteiger partial charge in [-0.25, -0.2) is 0 Å². The summed E-state index contributed by atoms with van der Waals surface area (Å²) in [7, 11) is 0. The molecule has 1 atom stereocenters. The smallest absolute Gasteiger partial charge is 0.0751 e. The van der Waals surface area contributed by atoms with Crippen LogP contribution in [0.25, 0.3) is 0 Å². The monoisotopic (exact) mass is 484 g/mol. The highest BCUT2D eigenvalue weighted by Crippen LogP contribution is 2.40. The van der Waals surface area contributed by atoms with Crippen LogP contribution in [0.5, 0.6) is 0 Å². The summed E-state index contributed by atoms with van der Waals surface area (Å²) in [4.78, 5) is 3.05. The van der Waals surface area contributed by atoms with Crippen LogP contribution in [-0.2, 0) is 0 Å². The normalized spacial score (nSPS) is 12.8. The molecule has 0 aliphatic rings. The van der Waals surface area contributed by atoms with Crippen molar-refractivity contribution in [2.75, 3.05) is 0 Å². The Balaban J connectivity index is 2.46. The molecule has 0 aliphatic carbocycles. The van der Waals surface area contributed by atoms with Gasteiger partial charge in [0.1, 0.15) is 0 Å². The molecule has 0 spiro atoms. The number of hydrogen-bond donors (Lipinski definition) is 0. The van der Waals surface area contributed by atoms with Gasteiger partial charge in [-0.2, -0.15) is 0 Å². The molecule has 0 aliphatic heterocycles. The van der Waals surface area contributed by atoms with E-state index in [1.807, 2.05) is 11.3 Å². The van der Waals surface area contributed by atoms with Crippen molar-refractivity contribution in [3.8, 4) is 0 Å². The van der Waals surface area contributed by atoms with E-state index in [2.05, 4.69) is 92.6 Å². The Hall–Kier alpha value is 0.610. The third-order valence-electron chi connectivity index (χ3n) is 2.54. The average molecular weight is 486 g/mol. The largest absolute Gasteiger partial charge is 0.144 e. The summed E-state index contributed by atoms with van der Waals surface area (Å²) in [5.74, 6) is 0. The SMILES string of the molecule is Cc1cc(C)c(C(Br)c2cc(Br)ccc2I)s1. The fraction of sp³-hybridized carbons (Fsp3) is 0.231. The Kier molecular flexibility index (Phi) is 4.72. The van der Waals surface area contributed by atoms with E-state index in [1.165, 1.54) is 24.5 Å². The molecule has 4 heteroatoms. The van der Waals surface area contributed by atoms with Crippen molar-refractivity contribution in [1.29, 1.82) is 0 Å². The minimum absolute atomic E-state index is 0.283. The van der Waals surface area contributed by atoms with Crippen LogP contribution in [0.2, 0.25) is 0 Å². The third kappa shape index (κ3) is 3.14. The molecule has 17 heavy (non-hydrogen) atoms. The van der Waals surface area contributed by atoms with Gasteiger partial charge in [-0.3, -0.25) is 0 Å². The van der Waals surface area contributed by atoms with Crippen molar-refractivity contribution in [1.82, 2.24) is 0 Å². The summed E-state index contributed by atoms with van der Waals surface area (Å²) in [5.41, 5.74) is 2.69. The lowest BCUT2D eigenvalue weighted by atomic mass is 10.1. The van der Waals surface area contributed by atoms with Gasteiger partial charge >= 0.3 is 0 Å². The Morgan fingerprint density at radius 3 is 2.53 bits per heavy atom. The molecule has 0 saturated heterocycles. The zero-order valence-corrected chi connectivity index (χ0v) is 15.6. The van der Waals surface area contributed by atoms with Gasteiger partial charge in [0.05, 0.1) is 4.83 Å². The highest BCUT2D eigenvalue weighted by atomic mass is 127. The maximum Gasteiger partial charge on any atom is 0.0751 e. The Morgan fingerprint density at radius 1 is 1.24 bits per heavy atom. The summed E-state index contributed by atoms with van der Waals surface area (Å²) in [6.45, 7) is 4.34. The van der Waals surface area contributed by atoms with Gasteiger partial charge in [0.25, 0.3) is 0 Å². The molecular weight excluding hydrogens is 475 g/mol. The lowest BCUT2D eigenvalue weighted by molar-refractivity contribution is 1.17. The van der Waals surface area contributed by atoms with Crippen LogP contribution in [0, 0.1) is 17.4 Å². The van der Waals surface area contributed by atoms with Crippen molar-refractivity contribution in [2.45, 2.75) is 18.7 Å². The van der Waals surface area contributed by atoms with Crippen LogP contribution in [0.1, 0.15) is 25.7 Å². The van der Waals surface area contributed by atoms with Gasteiger partial charge in [-0.05, 0) is 71.8 Å². The maximum atomic E-state index is 3.83. The Morgan fingerprint density at radius 2 is 1.94 bits per heavy atom. The third-order valence-corrected chi connectivity index (χ3v) is 6.49. The molecule has 0 N–H and O–H groups in total. The van der Waals surface area contributed by atoms with Crippen LogP contribution in [0.15, 0.2) is 28.7 Å². The minimum Gasteiger partial charge on any atom is -0.144 e. The molecule has 1 heterocycles. The number of benzene rings is 1. The lowest BCUT2D eigenvalue weighted by Gasteiger charge is -2.12. The summed E-state index contributed by atoms with van der Waals surface area (Å²) in [6, 6.07) is 8.66. The average Bonchev–Trinajstić information content (AvgIpc) is 2.60. The number of thiophene rings is 1. The number of aryl methyl sites for hydroxylation is 2. The Labute approximate surface area is 136 Å². The first-order chi connectivity index (χ1) is 7.99. The Bertz CT molecular complexity index is 548. The van der Waals surface area contributed by atoms with Crippen molar-refractivity contribution in [2.24, 2.45) is 0 Å². The molecule has 90 valence electrons. The number of rotatable bonds is 2. The van der Waals surface area contributed by atoms with Crippen molar-refractivity contribution >= 4 is 65.8 Å². The van der Waals surface area contributed by atoms with Gasteiger partial charge in [-0.1, -0.05) is 31.9 Å². The predicted octanol–water partition coefficient (Wildman–Crippen LogP) is 6.22. The first-order valence-corrected chi connectivity index (χ1v) is 8.75. The molecule has 0 nitrogen and oxygen atoms in total. The number of alkyl halides is 1. The van der Waals surface area contributed by atoms with E-state index in [-0.39, 0.29) is 4.83 Å². The zero-order chi connectivity index (χ0) is 12.6. The van der Waals surface area contributed by atoms with Crippen molar-refractivity contribution in [3.63, 3.8) is 0 Å². The lowest BCUT2D eigenvalue weighted by Crippen LogP contribution is -1.95. The van der Waals surface area contributed by atoms with E-state index < -0.39 is 0 Å². The summed E-state index contributed by atoms with van der Waals surface area (Å²) in [6.07, 6.45) is 0. The topological polar surface area (TPSA) is 0 Å². The van der Waals surface area contributed by atoms with Gasteiger partial charge < -0.3 is 0 Å². The second-order valence-electron chi connectivity index (χ2n) is 3.93. The zero-order valence-electron chi connectivity index (χ0n) is 9.43. The number of hydrogen-bond acceptors (Lipinski definition) is 1. The molecule has 0 amide bonds. The molecular formula is C13H11Br2IS. The van der Waals surface area contributed by atoms with Crippen molar-refractivity contribution < 1.29 is 0 Å². The van der Waals surface area contributed by atoms with Gasteiger partial charge in [0.2, 0.25) is 0 Å². The molecule has 2 aromatic rings. The van der Waals surface area contributed by atoms with E-state index in [0.29, 0.717) is 0 Å². The molecule has 1 aromatic carbocycles. The molecule has 0 fully saturated rings. The molecule has 0 bridgehead atoms. The molecule has 1 unspecified atom stereocenters. The highest BCUT2D eigenvalue weighted by Gasteiger charge is 2.18. The number of halogens is 3. The van der Waals surface area contributed by atoms with E-state index in [4.69, 9.17) is 0 Å². The van der Waals surface area contributed by atoms with E-state index >= 15 is 0 Å².